The summed E-state index contributed by atoms with van der Waals surface area (Å²) in [5.41, 5.74) is 3.82. The topological polar surface area (TPSA) is 48.5 Å². The van der Waals surface area contributed by atoms with Crippen molar-refractivity contribution in [2.75, 3.05) is 44.2 Å². The van der Waals surface area contributed by atoms with Gasteiger partial charge in [0.25, 0.3) is 5.91 Å². The molecule has 4 rings (SSSR count). The maximum absolute atomic E-state index is 12.3. The molecule has 1 aliphatic rings. The van der Waals surface area contributed by atoms with Gasteiger partial charge >= 0.3 is 0 Å². The van der Waals surface area contributed by atoms with Gasteiger partial charge in [0.05, 0.1) is 10.2 Å². The zero-order valence-electron chi connectivity index (χ0n) is 16.7. The molecule has 0 bridgehead atoms. The fourth-order valence-electron chi connectivity index (χ4n) is 3.64. The predicted octanol–water partition coefficient (Wildman–Crippen LogP) is 4.12. The standard InChI is InChI=1S/C22H25ClN4OS/c1-15-5-3-4-6-17(15)21(28)24-9-10-26-11-13-27(14-12-26)22-25-20-16(2)18(23)7-8-19(20)29-22/h3-8H,9-14H2,1-2H3,(H,24,28). The van der Waals surface area contributed by atoms with Gasteiger partial charge in [0, 0.05) is 49.9 Å². The van der Waals surface area contributed by atoms with Crippen LogP contribution in [-0.4, -0.2) is 55.1 Å². The molecule has 0 saturated carbocycles. The van der Waals surface area contributed by atoms with E-state index in [4.69, 9.17) is 16.6 Å². The number of aromatic nitrogens is 1. The molecule has 29 heavy (non-hydrogen) atoms. The first-order valence-electron chi connectivity index (χ1n) is 9.89. The van der Waals surface area contributed by atoms with Gasteiger partial charge in [-0.2, -0.15) is 0 Å². The summed E-state index contributed by atoms with van der Waals surface area (Å²) in [6.07, 6.45) is 0. The molecule has 7 heteroatoms. The smallest absolute Gasteiger partial charge is 0.251 e. The van der Waals surface area contributed by atoms with Crippen LogP contribution >= 0.6 is 22.9 Å². The Labute approximate surface area is 180 Å². The number of rotatable bonds is 5. The summed E-state index contributed by atoms with van der Waals surface area (Å²) in [7, 11) is 0. The van der Waals surface area contributed by atoms with Gasteiger partial charge in [-0.3, -0.25) is 9.69 Å². The van der Waals surface area contributed by atoms with Crippen LogP contribution in [0.3, 0.4) is 0 Å². The maximum Gasteiger partial charge on any atom is 0.251 e. The second kappa shape index (κ2) is 8.69. The van der Waals surface area contributed by atoms with E-state index in [0.717, 1.165) is 65.1 Å². The summed E-state index contributed by atoms with van der Waals surface area (Å²) >= 11 is 7.96. The Hall–Kier alpha value is -2.15. The lowest BCUT2D eigenvalue weighted by molar-refractivity contribution is 0.0947. The van der Waals surface area contributed by atoms with Gasteiger partial charge in [0.2, 0.25) is 0 Å². The van der Waals surface area contributed by atoms with Crippen LogP contribution in [0, 0.1) is 13.8 Å². The number of thiazole rings is 1. The Bertz CT molecular complexity index is 1030. The molecule has 1 aliphatic heterocycles. The lowest BCUT2D eigenvalue weighted by Crippen LogP contribution is -2.48. The molecule has 1 N–H and O–H groups in total. The normalized spacial score (nSPS) is 15.1. The first-order valence-corrected chi connectivity index (χ1v) is 11.1. The fraction of sp³-hybridized carbons (Fsp3) is 0.364. The summed E-state index contributed by atoms with van der Waals surface area (Å²) in [4.78, 5) is 21.9. The predicted molar refractivity (Wildman–Crippen MR) is 122 cm³/mol. The molecule has 0 unspecified atom stereocenters. The van der Waals surface area contributed by atoms with Crippen molar-refractivity contribution in [1.29, 1.82) is 0 Å². The average molecular weight is 429 g/mol. The van der Waals surface area contributed by atoms with E-state index in [9.17, 15) is 4.79 Å². The van der Waals surface area contributed by atoms with Crippen LogP contribution in [0.15, 0.2) is 36.4 Å². The Morgan fingerprint density at radius 3 is 2.66 bits per heavy atom. The van der Waals surface area contributed by atoms with Gasteiger partial charge in [-0.1, -0.05) is 41.1 Å². The monoisotopic (exact) mass is 428 g/mol. The third-order valence-corrected chi connectivity index (χ3v) is 6.97. The number of hydrogen-bond acceptors (Lipinski definition) is 5. The van der Waals surface area contributed by atoms with Crippen LogP contribution in [-0.2, 0) is 0 Å². The molecule has 0 aliphatic carbocycles. The van der Waals surface area contributed by atoms with Gasteiger partial charge in [-0.25, -0.2) is 4.98 Å². The van der Waals surface area contributed by atoms with E-state index < -0.39 is 0 Å². The van der Waals surface area contributed by atoms with Crippen molar-refractivity contribution in [3.63, 3.8) is 0 Å². The number of nitrogens with one attached hydrogen (secondary N) is 1. The number of piperazine rings is 1. The van der Waals surface area contributed by atoms with E-state index >= 15 is 0 Å². The maximum atomic E-state index is 12.3. The molecule has 2 aromatic carbocycles. The number of benzene rings is 2. The van der Waals surface area contributed by atoms with Crippen LogP contribution < -0.4 is 10.2 Å². The largest absolute Gasteiger partial charge is 0.351 e. The minimum absolute atomic E-state index is 0.00485. The summed E-state index contributed by atoms with van der Waals surface area (Å²) in [5.74, 6) is 0.00485. The van der Waals surface area contributed by atoms with Crippen LogP contribution in [0.4, 0.5) is 5.13 Å². The Morgan fingerprint density at radius 1 is 1.14 bits per heavy atom. The molecule has 1 amide bonds. The molecule has 1 fully saturated rings. The van der Waals surface area contributed by atoms with Gasteiger partial charge in [0.1, 0.15) is 0 Å². The second-order valence-electron chi connectivity index (χ2n) is 7.42. The quantitative estimate of drug-likeness (QED) is 0.664. The number of hydrogen-bond donors (Lipinski definition) is 1. The van der Waals surface area contributed by atoms with Crippen LogP contribution in [0.2, 0.25) is 5.02 Å². The molecule has 0 radical (unpaired) electrons. The van der Waals surface area contributed by atoms with Crippen molar-refractivity contribution < 1.29 is 4.79 Å². The van der Waals surface area contributed by atoms with Crippen molar-refractivity contribution in [2.24, 2.45) is 0 Å². The number of anilines is 1. The fourth-order valence-corrected chi connectivity index (χ4v) is 4.87. The minimum atomic E-state index is 0.00485. The lowest BCUT2D eigenvalue weighted by Gasteiger charge is -2.34. The number of carbonyl (C=O) groups excluding carboxylic acids is 1. The molecule has 152 valence electrons. The summed E-state index contributed by atoms with van der Waals surface area (Å²) in [6, 6.07) is 11.7. The number of aryl methyl sites for hydroxylation is 2. The van der Waals surface area contributed by atoms with Gasteiger partial charge in [-0.05, 0) is 43.2 Å². The summed E-state index contributed by atoms with van der Waals surface area (Å²) in [5, 5.41) is 4.88. The first-order chi connectivity index (χ1) is 14.0. The highest BCUT2D eigenvalue weighted by Gasteiger charge is 2.20. The highest BCUT2D eigenvalue weighted by Crippen LogP contribution is 2.33. The minimum Gasteiger partial charge on any atom is -0.351 e. The van der Waals surface area contributed by atoms with E-state index in [1.54, 1.807) is 11.3 Å². The van der Waals surface area contributed by atoms with Gasteiger partial charge in [0.15, 0.2) is 5.13 Å². The molecule has 1 aromatic heterocycles. The number of amides is 1. The molecule has 2 heterocycles. The third kappa shape index (κ3) is 4.39. The summed E-state index contributed by atoms with van der Waals surface area (Å²) < 4.78 is 1.18. The Balaban J connectivity index is 1.28. The first kappa shape index (κ1) is 20.1. The highest BCUT2D eigenvalue weighted by molar-refractivity contribution is 7.22. The van der Waals surface area contributed by atoms with Crippen molar-refractivity contribution in [2.45, 2.75) is 13.8 Å². The number of fused-ring (bicyclic) bond motifs is 1. The van der Waals surface area contributed by atoms with Crippen molar-refractivity contribution in [3.8, 4) is 0 Å². The SMILES string of the molecule is Cc1ccccc1C(=O)NCCN1CCN(c2nc3c(C)c(Cl)ccc3s2)CC1. The molecule has 0 atom stereocenters. The molecule has 1 saturated heterocycles. The molecule has 0 spiro atoms. The molecule has 3 aromatic rings. The average Bonchev–Trinajstić information content (AvgIpc) is 3.17. The van der Waals surface area contributed by atoms with E-state index in [-0.39, 0.29) is 5.91 Å². The van der Waals surface area contributed by atoms with Crippen molar-refractivity contribution >= 4 is 44.2 Å². The molecular formula is C22H25ClN4OS. The van der Waals surface area contributed by atoms with E-state index in [1.165, 1.54) is 4.70 Å². The zero-order valence-corrected chi connectivity index (χ0v) is 18.3. The van der Waals surface area contributed by atoms with Crippen LogP contribution in [0.1, 0.15) is 21.5 Å². The van der Waals surface area contributed by atoms with E-state index in [0.29, 0.717) is 6.54 Å². The van der Waals surface area contributed by atoms with Crippen LogP contribution in [0.25, 0.3) is 10.2 Å². The van der Waals surface area contributed by atoms with E-state index in [1.807, 2.05) is 44.2 Å². The third-order valence-electron chi connectivity index (χ3n) is 5.48. The lowest BCUT2D eigenvalue weighted by atomic mass is 10.1. The Kier molecular flexibility index (Phi) is 6.04. The second-order valence-corrected chi connectivity index (χ2v) is 8.83. The molecule has 5 nitrogen and oxygen atoms in total. The van der Waals surface area contributed by atoms with Crippen molar-refractivity contribution in [3.05, 3.63) is 58.1 Å². The number of nitrogens with zero attached hydrogens (tertiary/aromatic N) is 3. The van der Waals surface area contributed by atoms with Gasteiger partial charge < -0.3 is 10.2 Å². The number of halogens is 1. The van der Waals surface area contributed by atoms with Crippen LogP contribution in [0.5, 0.6) is 0 Å². The molecular weight excluding hydrogens is 404 g/mol. The number of carbonyl (C=O) groups is 1. The highest BCUT2D eigenvalue weighted by atomic mass is 35.5. The van der Waals surface area contributed by atoms with Crippen molar-refractivity contribution in [1.82, 2.24) is 15.2 Å². The van der Waals surface area contributed by atoms with E-state index in [2.05, 4.69) is 21.2 Å². The Morgan fingerprint density at radius 2 is 1.90 bits per heavy atom. The summed E-state index contributed by atoms with van der Waals surface area (Å²) in [6.45, 7) is 9.33. The van der Waals surface area contributed by atoms with Gasteiger partial charge in [-0.15, -0.1) is 0 Å². The zero-order chi connectivity index (χ0) is 20.4.